The fraction of sp³-hybridized carbons (Fsp3) is 0.619. The van der Waals surface area contributed by atoms with Crippen LogP contribution in [0.1, 0.15) is 49.5 Å². The van der Waals surface area contributed by atoms with Crippen LogP contribution in [-0.4, -0.2) is 65.4 Å². The van der Waals surface area contributed by atoms with Crippen LogP contribution < -0.4 is 4.74 Å². The van der Waals surface area contributed by atoms with E-state index in [4.69, 9.17) is 9.47 Å². The molecule has 2 amide bonds. The number of piperidine rings is 1. The van der Waals surface area contributed by atoms with E-state index in [1.165, 1.54) is 0 Å². The minimum Gasteiger partial charge on any atom is -0.497 e. The lowest BCUT2D eigenvalue weighted by Gasteiger charge is -2.36. The first-order chi connectivity index (χ1) is 13.2. The number of carbonyl (C=O) groups excluding carboxylic acids is 2. The van der Waals surface area contributed by atoms with Gasteiger partial charge in [-0.1, -0.05) is 0 Å². The second-order valence-corrected chi connectivity index (χ2v) is 8.58. The van der Waals surface area contributed by atoms with E-state index < -0.39 is 11.7 Å². The Morgan fingerprint density at radius 1 is 1.29 bits per heavy atom. The number of rotatable bonds is 4. The van der Waals surface area contributed by atoms with E-state index in [9.17, 15) is 14.7 Å². The number of amides is 2. The first-order valence-corrected chi connectivity index (χ1v) is 9.80. The van der Waals surface area contributed by atoms with Gasteiger partial charge in [0.05, 0.1) is 13.2 Å². The van der Waals surface area contributed by atoms with Crippen LogP contribution in [-0.2, 0) is 11.3 Å². The van der Waals surface area contributed by atoms with Gasteiger partial charge in [0.2, 0.25) is 0 Å². The predicted molar refractivity (Wildman–Crippen MR) is 104 cm³/mol. The average Bonchev–Trinajstić information content (AvgIpc) is 2.95. The van der Waals surface area contributed by atoms with Crippen LogP contribution in [0.3, 0.4) is 0 Å². The first kappa shape index (κ1) is 20.5. The number of hydrogen-bond donors (Lipinski definition) is 1. The summed E-state index contributed by atoms with van der Waals surface area (Å²) in [4.78, 5) is 28.1. The van der Waals surface area contributed by atoms with E-state index in [0.717, 1.165) is 11.3 Å². The van der Waals surface area contributed by atoms with Gasteiger partial charge in [-0.05, 0) is 63.3 Å². The molecule has 1 unspecified atom stereocenters. The van der Waals surface area contributed by atoms with Gasteiger partial charge in [-0.2, -0.15) is 0 Å². The maximum atomic E-state index is 12.6. The van der Waals surface area contributed by atoms with Crippen molar-refractivity contribution in [2.24, 2.45) is 5.92 Å². The average molecular weight is 390 g/mol. The fourth-order valence-corrected chi connectivity index (χ4v) is 3.80. The minimum absolute atomic E-state index is 0.0529. The predicted octanol–water partition coefficient (Wildman–Crippen LogP) is 2.66. The number of methoxy groups -OCH3 is 1. The molecule has 1 fully saturated rings. The standard InChI is InChI=1S/C21H30N2O5/c1-21(2,3)28-20(26)22-9-7-14(8-10-22)18(24)13-23-12-15-11-16(27-4)5-6-17(15)19(23)25/h5-6,11,14,18,24H,7-10,12-13H2,1-4H3. The van der Waals surface area contributed by atoms with Crippen LogP contribution in [0.5, 0.6) is 5.75 Å². The summed E-state index contributed by atoms with van der Waals surface area (Å²) in [6.45, 7) is 7.45. The van der Waals surface area contributed by atoms with Gasteiger partial charge < -0.3 is 24.4 Å². The molecule has 2 aliphatic rings. The number of fused-ring (bicyclic) bond motifs is 1. The molecular weight excluding hydrogens is 360 g/mol. The van der Waals surface area contributed by atoms with Gasteiger partial charge in [0.15, 0.2) is 0 Å². The van der Waals surface area contributed by atoms with Gasteiger partial charge in [-0.3, -0.25) is 4.79 Å². The summed E-state index contributed by atoms with van der Waals surface area (Å²) in [6, 6.07) is 5.43. The van der Waals surface area contributed by atoms with Gasteiger partial charge in [0, 0.05) is 31.7 Å². The van der Waals surface area contributed by atoms with Crippen molar-refractivity contribution in [2.45, 2.75) is 51.9 Å². The molecule has 2 heterocycles. The zero-order valence-corrected chi connectivity index (χ0v) is 17.1. The summed E-state index contributed by atoms with van der Waals surface area (Å²) >= 11 is 0. The second kappa shape index (κ2) is 7.99. The van der Waals surface area contributed by atoms with E-state index in [2.05, 4.69) is 0 Å². The van der Waals surface area contributed by atoms with Crippen molar-refractivity contribution in [3.8, 4) is 5.75 Å². The summed E-state index contributed by atoms with van der Waals surface area (Å²) in [5.41, 5.74) is 1.09. The zero-order valence-electron chi connectivity index (χ0n) is 17.1. The number of ether oxygens (including phenoxy) is 2. The number of β-amino-alcohol motifs (C(OH)–C–C–N with tert-alkyl or cyclic N) is 1. The monoisotopic (exact) mass is 390 g/mol. The van der Waals surface area contributed by atoms with E-state index in [1.54, 1.807) is 29.0 Å². The number of hydrogen-bond acceptors (Lipinski definition) is 5. The van der Waals surface area contributed by atoms with Crippen LogP contribution in [0, 0.1) is 5.92 Å². The topological polar surface area (TPSA) is 79.3 Å². The van der Waals surface area contributed by atoms with Gasteiger partial charge in [0.25, 0.3) is 5.91 Å². The second-order valence-electron chi connectivity index (χ2n) is 8.58. The Kier molecular flexibility index (Phi) is 5.84. The number of aliphatic hydroxyl groups excluding tert-OH is 1. The smallest absolute Gasteiger partial charge is 0.410 e. The molecule has 28 heavy (non-hydrogen) atoms. The molecule has 7 nitrogen and oxygen atoms in total. The zero-order chi connectivity index (χ0) is 20.5. The number of likely N-dealkylation sites (tertiary alicyclic amines) is 1. The molecule has 1 atom stereocenters. The van der Waals surface area contributed by atoms with Gasteiger partial charge in [0.1, 0.15) is 11.4 Å². The fourth-order valence-electron chi connectivity index (χ4n) is 3.80. The van der Waals surface area contributed by atoms with Crippen LogP contribution in [0.15, 0.2) is 18.2 Å². The summed E-state index contributed by atoms with van der Waals surface area (Å²) in [5, 5.41) is 10.7. The molecule has 0 aromatic heterocycles. The van der Waals surface area contributed by atoms with Crippen molar-refractivity contribution in [3.63, 3.8) is 0 Å². The molecule has 1 aromatic carbocycles. The third-order valence-corrected chi connectivity index (χ3v) is 5.33. The van der Waals surface area contributed by atoms with Crippen molar-refractivity contribution in [1.82, 2.24) is 9.80 Å². The summed E-state index contributed by atoms with van der Waals surface area (Å²) in [6.07, 6.45) is 0.479. The van der Waals surface area contributed by atoms with Gasteiger partial charge in [-0.15, -0.1) is 0 Å². The number of carbonyl (C=O) groups is 2. The molecule has 3 rings (SSSR count). The Hall–Kier alpha value is -2.28. The highest BCUT2D eigenvalue weighted by Crippen LogP contribution is 2.29. The maximum absolute atomic E-state index is 12.6. The van der Waals surface area contributed by atoms with Crippen LogP contribution in [0.4, 0.5) is 4.79 Å². The van der Waals surface area contributed by atoms with E-state index >= 15 is 0 Å². The summed E-state index contributed by atoms with van der Waals surface area (Å²) in [5.74, 6) is 0.732. The Morgan fingerprint density at radius 2 is 1.96 bits per heavy atom. The van der Waals surface area contributed by atoms with Crippen molar-refractivity contribution in [1.29, 1.82) is 0 Å². The Morgan fingerprint density at radius 3 is 2.57 bits per heavy atom. The molecular formula is C21H30N2O5. The molecule has 0 radical (unpaired) electrons. The molecule has 2 aliphatic heterocycles. The molecule has 0 aliphatic carbocycles. The Balaban J connectivity index is 1.52. The lowest BCUT2D eigenvalue weighted by molar-refractivity contribution is 0.00288. The lowest BCUT2D eigenvalue weighted by atomic mass is 9.91. The van der Waals surface area contributed by atoms with Gasteiger partial charge in [-0.25, -0.2) is 4.79 Å². The molecule has 0 saturated carbocycles. The highest BCUT2D eigenvalue weighted by atomic mass is 16.6. The molecule has 0 bridgehead atoms. The van der Waals surface area contributed by atoms with Crippen molar-refractivity contribution in [2.75, 3.05) is 26.7 Å². The quantitative estimate of drug-likeness (QED) is 0.855. The summed E-state index contributed by atoms with van der Waals surface area (Å²) < 4.78 is 10.6. The first-order valence-electron chi connectivity index (χ1n) is 9.80. The SMILES string of the molecule is COc1ccc2c(c1)CN(CC(O)C1CCN(C(=O)OC(C)(C)C)CC1)C2=O. The lowest BCUT2D eigenvalue weighted by Crippen LogP contribution is -2.45. The molecule has 7 heteroatoms. The van der Waals surface area contributed by atoms with E-state index in [0.29, 0.717) is 44.6 Å². The van der Waals surface area contributed by atoms with Crippen molar-refractivity contribution >= 4 is 12.0 Å². The normalized spacial score (nSPS) is 18.8. The van der Waals surface area contributed by atoms with Gasteiger partial charge >= 0.3 is 6.09 Å². The maximum Gasteiger partial charge on any atom is 0.410 e. The molecule has 154 valence electrons. The molecule has 0 spiro atoms. The number of benzene rings is 1. The van der Waals surface area contributed by atoms with E-state index in [1.807, 2.05) is 26.8 Å². The summed E-state index contributed by atoms with van der Waals surface area (Å²) in [7, 11) is 1.60. The van der Waals surface area contributed by atoms with Crippen molar-refractivity contribution in [3.05, 3.63) is 29.3 Å². The Labute approximate surface area is 166 Å². The third kappa shape index (κ3) is 4.58. The van der Waals surface area contributed by atoms with Crippen molar-refractivity contribution < 1.29 is 24.2 Å². The highest BCUT2D eigenvalue weighted by molar-refractivity contribution is 5.98. The molecule has 1 N–H and O–H groups in total. The van der Waals surface area contributed by atoms with E-state index in [-0.39, 0.29) is 17.9 Å². The number of aliphatic hydroxyl groups is 1. The van der Waals surface area contributed by atoms with Crippen LogP contribution >= 0.6 is 0 Å². The van der Waals surface area contributed by atoms with Crippen LogP contribution in [0.25, 0.3) is 0 Å². The highest BCUT2D eigenvalue weighted by Gasteiger charge is 2.34. The minimum atomic E-state index is -0.610. The largest absolute Gasteiger partial charge is 0.497 e. The van der Waals surface area contributed by atoms with Crippen LogP contribution in [0.2, 0.25) is 0 Å². The molecule has 1 saturated heterocycles. The molecule has 1 aromatic rings. The Bertz CT molecular complexity index is 735. The third-order valence-electron chi connectivity index (χ3n) is 5.33. The number of nitrogens with zero attached hydrogens (tertiary/aromatic N) is 2.